The molecule has 0 bridgehead atoms. The summed E-state index contributed by atoms with van der Waals surface area (Å²) in [7, 11) is 0. The zero-order chi connectivity index (χ0) is 13.0. The summed E-state index contributed by atoms with van der Waals surface area (Å²) in [5, 5.41) is 3.36. The van der Waals surface area contributed by atoms with Gasteiger partial charge in [0.1, 0.15) is 5.82 Å². The highest BCUT2D eigenvalue weighted by Gasteiger charge is 2.22. The van der Waals surface area contributed by atoms with Crippen LogP contribution in [0, 0.1) is 5.82 Å². The van der Waals surface area contributed by atoms with Gasteiger partial charge in [0.15, 0.2) is 0 Å². The molecule has 1 aliphatic heterocycles. The standard InChI is InChI=1S/C14H19FN2O/c1-2-14(18)17-9-3-4-13(10-17)16-12-7-5-11(15)6-8-12/h5-8,13,16H,2-4,9-10H2,1H3/t13-/m1/s1. The third kappa shape index (κ3) is 3.22. The topological polar surface area (TPSA) is 32.3 Å². The number of benzene rings is 1. The number of halogens is 1. The van der Waals surface area contributed by atoms with Crippen molar-refractivity contribution in [3.8, 4) is 0 Å². The van der Waals surface area contributed by atoms with Crippen molar-refractivity contribution in [2.45, 2.75) is 32.2 Å². The predicted octanol–water partition coefficient (Wildman–Crippen LogP) is 2.64. The fraction of sp³-hybridized carbons (Fsp3) is 0.500. The molecule has 1 fully saturated rings. The summed E-state index contributed by atoms with van der Waals surface area (Å²) < 4.78 is 12.8. The van der Waals surface area contributed by atoms with Crippen molar-refractivity contribution in [3.05, 3.63) is 30.1 Å². The van der Waals surface area contributed by atoms with Gasteiger partial charge in [0.2, 0.25) is 5.91 Å². The third-order valence-electron chi connectivity index (χ3n) is 3.29. The lowest BCUT2D eigenvalue weighted by Crippen LogP contribution is -2.44. The number of amides is 1. The monoisotopic (exact) mass is 250 g/mol. The van der Waals surface area contributed by atoms with Crippen LogP contribution in [0.2, 0.25) is 0 Å². The first-order chi connectivity index (χ1) is 8.69. The van der Waals surface area contributed by atoms with Crippen LogP contribution in [-0.4, -0.2) is 29.9 Å². The van der Waals surface area contributed by atoms with Gasteiger partial charge in [-0.15, -0.1) is 0 Å². The van der Waals surface area contributed by atoms with Gasteiger partial charge >= 0.3 is 0 Å². The molecule has 0 aromatic heterocycles. The Morgan fingerprint density at radius 1 is 1.44 bits per heavy atom. The number of carbonyl (C=O) groups excluding carboxylic acids is 1. The number of piperidine rings is 1. The summed E-state index contributed by atoms with van der Waals surface area (Å²) in [5.74, 6) is -0.0208. The number of likely N-dealkylation sites (tertiary alicyclic amines) is 1. The molecule has 0 spiro atoms. The van der Waals surface area contributed by atoms with Gasteiger partial charge in [0.05, 0.1) is 0 Å². The van der Waals surface area contributed by atoms with Crippen molar-refractivity contribution in [2.24, 2.45) is 0 Å². The molecule has 18 heavy (non-hydrogen) atoms. The number of carbonyl (C=O) groups is 1. The molecule has 98 valence electrons. The van der Waals surface area contributed by atoms with Crippen LogP contribution in [0.4, 0.5) is 10.1 Å². The quantitative estimate of drug-likeness (QED) is 0.894. The third-order valence-corrected chi connectivity index (χ3v) is 3.29. The fourth-order valence-electron chi connectivity index (χ4n) is 2.33. The second-order valence-corrected chi connectivity index (χ2v) is 4.68. The second kappa shape index (κ2) is 5.85. The summed E-state index contributed by atoms with van der Waals surface area (Å²) in [6.07, 6.45) is 2.62. The summed E-state index contributed by atoms with van der Waals surface area (Å²) in [6.45, 7) is 3.48. The van der Waals surface area contributed by atoms with E-state index < -0.39 is 0 Å². The lowest BCUT2D eigenvalue weighted by Gasteiger charge is -2.33. The first-order valence-electron chi connectivity index (χ1n) is 6.49. The fourth-order valence-corrected chi connectivity index (χ4v) is 2.33. The minimum atomic E-state index is -0.230. The number of nitrogens with one attached hydrogen (secondary N) is 1. The summed E-state index contributed by atoms with van der Waals surface area (Å²) in [6, 6.07) is 6.62. The molecule has 0 unspecified atom stereocenters. The molecule has 2 rings (SSSR count). The minimum Gasteiger partial charge on any atom is -0.381 e. The van der Waals surface area contributed by atoms with Crippen LogP contribution in [0.3, 0.4) is 0 Å². The van der Waals surface area contributed by atoms with Crippen LogP contribution >= 0.6 is 0 Å². The molecule has 1 heterocycles. The van der Waals surface area contributed by atoms with Crippen molar-refractivity contribution in [3.63, 3.8) is 0 Å². The van der Waals surface area contributed by atoms with Crippen molar-refractivity contribution in [1.82, 2.24) is 4.90 Å². The molecule has 3 nitrogen and oxygen atoms in total. The van der Waals surface area contributed by atoms with E-state index in [-0.39, 0.29) is 17.8 Å². The lowest BCUT2D eigenvalue weighted by atomic mass is 10.0. The van der Waals surface area contributed by atoms with Crippen LogP contribution in [0.15, 0.2) is 24.3 Å². The van der Waals surface area contributed by atoms with Crippen LogP contribution in [0.1, 0.15) is 26.2 Å². The molecule has 1 aromatic rings. The maximum atomic E-state index is 12.8. The molecule has 0 radical (unpaired) electrons. The first kappa shape index (κ1) is 12.9. The number of hydrogen-bond acceptors (Lipinski definition) is 2. The van der Waals surface area contributed by atoms with E-state index in [0.717, 1.165) is 31.6 Å². The zero-order valence-corrected chi connectivity index (χ0v) is 10.7. The molecule has 1 aliphatic rings. The molecule has 1 N–H and O–H groups in total. The molecular weight excluding hydrogens is 231 g/mol. The van der Waals surface area contributed by atoms with Crippen molar-refractivity contribution in [1.29, 1.82) is 0 Å². The largest absolute Gasteiger partial charge is 0.381 e. The van der Waals surface area contributed by atoms with Crippen molar-refractivity contribution >= 4 is 11.6 Å². The molecular formula is C14H19FN2O. The normalized spacial score (nSPS) is 19.7. The molecule has 1 saturated heterocycles. The van der Waals surface area contributed by atoms with E-state index in [1.807, 2.05) is 11.8 Å². The van der Waals surface area contributed by atoms with Gasteiger partial charge in [0.25, 0.3) is 0 Å². The van der Waals surface area contributed by atoms with Gasteiger partial charge in [-0.3, -0.25) is 4.79 Å². The maximum absolute atomic E-state index is 12.8. The first-order valence-corrected chi connectivity index (χ1v) is 6.49. The molecule has 4 heteroatoms. The SMILES string of the molecule is CCC(=O)N1CCC[C@@H](Nc2ccc(F)cc2)C1. The Bertz CT molecular complexity index is 405. The Kier molecular flexibility index (Phi) is 4.18. The Hall–Kier alpha value is -1.58. The number of anilines is 1. The number of rotatable bonds is 3. The summed E-state index contributed by atoms with van der Waals surface area (Å²) in [5.41, 5.74) is 0.909. The van der Waals surface area contributed by atoms with Crippen LogP contribution in [0.25, 0.3) is 0 Å². The Morgan fingerprint density at radius 3 is 2.83 bits per heavy atom. The van der Waals surface area contributed by atoms with Crippen LogP contribution in [-0.2, 0) is 4.79 Å². The summed E-state index contributed by atoms with van der Waals surface area (Å²) >= 11 is 0. The van der Waals surface area contributed by atoms with Gasteiger partial charge < -0.3 is 10.2 Å². The van der Waals surface area contributed by atoms with Crippen molar-refractivity contribution in [2.75, 3.05) is 18.4 Å². The number of nitrogens with zero attached hydrogens (tertiary/aromatic N) is 1. The van der Waals surface area contributed by atoms with Crippen LogP contribution < -0.4 is 5.32 Å². The van der Waals surface area contributed by atoms with E-state index >= 15 is 0 Å². The maximum Gasteiger partial charge on any atom is 0.222 e. The van der Waals surface area contributed by atoms with E-state index in [4.69, 9.17) is 0 Å². The zero-order valence-electron chi connectivity index (χ0n) is 10.7. The molecule has 0 saturated carbocycles. The van der Waals surface area contributed by atoms with Gasteiger partial charge in [0, 0.05) is 31.2 Å². The van der Waals surface area contributed by atoms with E-state index in [2.05, 4.69) is 5.32 Å². The van der Waals surface area contributed by atoms with Crippen LogP contribution in [0.5, 0.6) is 0 Å². The van der Waals surface area contributed by atoms with Gasteiger partial charge in [-0.1, -0.05) is 6.92 Å². The lowest BCUT2D eigenvalue weighted by molar-refractivity contribution is -0.131. The molecule has 1 atom stereocenters. The highest BCUT2D eigenvalue weighted by molar-refractivity contribution is 5.76. The molecule has 0 aliphatic carbocycles. The Balaban J connectivity index is 1.93. The summed E-state index contributed by atoms with van der Waals surface area (Å²) in [4.78, 5) is 13.6. The van der Waals surface area contributed by atoms with E-state index in [1.54, 1.807) is 12.1 Å². The average molecular weight is 250 g/mol. The van der Waals surface area contributed by atoms with E-state index in [0.29, 0.717) is 6.42 Å². The number of hydrogen-bond donors (Lipinski definition) is 1. The Morgan fingerprint density at radius 2 is 2.17 bits per heavy atom. The van der Waals surface area contributed by atoms with E-state index in [9.17, 15) is 9.18 Å². The Labute approximate surface area is 107 Å². The van der Waals surface area contributed by atoms with Gasteiger partial charge in [-0.05, 0) is 37.1 Å². The predicted molar refractivity (Wildman–Crippen MR) is 69.9 cm³/mol. The second-order valence-electron chi connectivity index (χ2n) is 4.68. The van der Waals surface area contributed by atoms with Gasteiger partial charge in [-0.25, -0.2) is 4.39 Å². The van der Waals surface area contributed by atoms with E-state index in [1.165, 1.54) is 12.1 Å². The highest BCUT2D eigenvalue weighted by Crippen LogP contribution is 2.17. The minimum absolute atomic E-state index is 0.209. The smallest absolute Gasteiger partial charge is 0.222 e. The average Bonchev–Trinajstić information content (AvgIpc) is 2.41. The molecule has 1 aromatic carbocycles. The highest BCUT2D eigenvalue weighted by atomic mass is 19.1. The van der Waals surface area contributed by atoms with Crippen molar-refractivity contribution < 1.29 is 9.18 Å². The van der Waals surface area contributed by atoms with Gasteiger partial charge in [-0.2, -0.15) is 0 Å². The molecule has 1 amide bonds.